The lowest BCUT2D eigenvalue weighted by atomic mass is 10.1. The Morgan fingerprint density at radius 1 is 0.923 bits per heavy atom. The quantitative estimate of drug-likeness (QED) is 0.437. The van der Waals surface area contributed by atoms with E-state index in [2.05, 4.69) is 6.58 Å². The number of benzene rings is 3. The van der Waals surface area contributed by atoms with E-state index in [1.165, 1.54) is 5.06 Å². The summed E-state index contributed by atoms with van der Waals surface area (Å²) in [6, 6.07) is 26.4. The molecule has 0 fully saturated rings. The molecule has 3 nitrogen and oxygen atoms in total. The summed E-state index contributed by atoms with van der Waals surface area (Å²) >= 11 is 0. The van der Waals surface area contributed by atoms with E-state index in [4.69, 9.17) is 4.84 Å². The second kappa shape index (κ2) is 8.28. The number of carbonyl (C=O) groups excluding carboxylic acids is 1. The number of carbonyl (C=O) groups is 1. The number of amides is 1. The van der Waals surface area contributed by atoms with E-state index in [9.17, 15) is 4.79 Å². The fraction of sp³-hybridized carbons (Fsp3) is 0.0870. The smallest absolute Gasteiger partial charge is 0.266 e. The monoisotopic (exact) mass is 343 g/mol. The van der Waals surface area contributed by atoms with Crippen molar-refractivity contribution >= 4 is 11.6 Å². The summed E-state index contributed by atoms with van der Waals surface area (Å²) in [7, 11) is 0. The highest BCUT2D eigenvalue weighted by Gasteiger charge is 2.22. The molecular weight excluding hydrogens is 322 g/mol. The zero-order valence-electron chi connectivity index (χ0n) is 14.7. The van der Waals surface area contributed by atoms with Gasteiger partial charge in [0.1, 0.15) is 6.10 Å². The van der Waals surface area contributed by atoms with Gasteiger partial charge in [0.15, 0.2) is 0 Å². The van der Waals surface area contributed by atoms with E-state index in [-0.39, 0.29) is 5.91 Å². The van der Waals surface area contributed by atoms with Crippen molar-refractivity contribution in [1.29, 1.82) is 0 Å². The Morgan fingerprint density at radius 2 is 1.50 bits per heavy atom. The third kappa shape index (κ3) is 4.08. The molecule has 0 heterocycles. The molecule has 0 saturated heterocycles. The molecule has 0 spiro atoms. The number of hydrogen-bond donors (Lipinski definition) is 0. The van der Waals surface area contributed by atoms with Crippen molar-refractivity contribution in [3.63, 3.8) is 0 Å². The lowest BCUT2D eigenvalue weighted by Crippen LogP contribution is -2.32. The van der Waals surface area contributed by atoms with Gasteiger partial charge in [0.2, 0.25) is 0 Å². The third-order valence-electron chi connectivity index (χ3n) is 4.03. The Kier molecular flexibility index (Phi) is 5.62. The van der Waals surface area contributed by atoms with E-state index in [1.54, 1.807) is 18.2 Å². The molecule has 0 saturated carbocycles. The van der Waals surface area contributed by atoms with Gasteiger partial charge in [-0.2, -0.15) is 5.06 Å². The highest BCUT2D eigenvalue weighted by molar-refractivity contribution is 6.04. The predicted molar refractivity (Wildman–Crippen MR) is 105 cm³/mol. The number of aryl methyl sites for hydroxylation is 1. The van der Waals surface area contributed by atoms with Crippen molar-refractivity contribution in [2.45, 2.75) is 13.0 Å². The Balaban J connectivity index is 1.94. The van der Waals surface area contributed by atoms with E-state index in [0.717, 1.165) is 11.1 Å². The van der Waals surface area contributed by atoms with Gasteiger partial charge in [-0.15, -0.1) is 6.58 Å². The number of nitrogens with zero attached hydrogens (tertiary/aromatic N) is 1. The van der Waals surface area contributed by atoms with Crippen molar-refractivity contribution in [3.05, 3.63) is 114 Å². The van der Waals surface area contributed by atoms with Crippen LogP contribution in [0.1, 0.15) is 27.6 Å². The Hall–Kier alpha value is -3.17. The number of hydrogen-bond acceptors (Lipinski definition) is 2. The third-order valence-corrected chi connectivity index (χ3v) is 4.03. The number of anilines is 1. The van der Waals surface area contributed by atoms with Crippen LogP contribution in [0.2, 0.25) is 0 Å². The first-order valence-electron chi connectivity index (χ1n) is 8.49. The first-order valence-corrected chi connectivity index (χ1v) is 8.49. The Bertz CT molecular complexity index is 858. The zero-order chi connectivity index (χ0) is 18.4. The average Bonchev–Trinajstić information content (AvgIpc) is 2.71. The molecule has 0 aromatic heterocycles. The van der Waals surface area contributed by atoms with Gasteiger partial charge in [-0.1, -0.05) is 72.3 Å². The normalized spacial score (nSPS) is 11.6. The number of para-hydroxylation sites is 1. The first kappa shape index (κ1) is 17.6. The van der Waals surface area contributed by atoms with Gasteiger partial charge in [-0.05, 0) is 36.8 Å². The summed E-state index contributed by atoms with van der Waals surface area (Å²) in [6.07, 6.45) is 1.25. The molecule has 0 unspecified atom stereocenters. The maximum Gasteiger partial charge on any atom is 0.282 e. The van der Waals surface area contributed by atoms with Crippen LogP contribution >= 0.6 is 0 Å². The van der Waals surface area contributed by atoms with Crippen LogP contribution in [-0.4, -0.2) is 5.91 Å². The maximum atomic E-state index is 13.0. The zero-order valence-corrected chi connectivity index (χ0v) is 14.7. The van der Waals surface area contributed by atoms with Crippen LogP contribution in [-0.2, 0) is 4.84 Å². The van der Waals surface area contributed by atoms with E-state index < -0.39 is 6.10 Å². The molecular formula is C23H21NO2. The largest absolute Gasteiger partial charge is 0.282 e. The Morgan fingerprint density at radius 3 is 2.08 bits per heavy atom. The lowest BCUT2D eigenvalue weighted by Gasteiger charge is -2.26. The standard InChI is InChI=1S/C23H21NO2/c1-3-22(19-16-14-18(2)15-17-19)26-24(21-12-8-5-9-13-21)23(25)20-10-6-4-7-11-20/h3-17,22H,1H2,2H3/t22-/m1/s1. The second-order valence-corrected chi connectivity index (χ2v) is 5.97. The number of rotatable bonds is 6. The Labute approximate surface area is 154 Å². The van der Waals surface area contributed by atoms with Crippen LogP contribution in [0.3, 0.4) is 0 Å². The van der Waals surface area contributed by atoms with Crippen LogP contribution in [0, 0.1) is 6.92 Å². The lowest BCUT2D eigenvalue weighted by molar-refractivity contribution is 0.0453. The molecule has 1 atom stereocenters. The minimum Gasteiger partial charge on any atom is -0.266 e. The van der Waals surface area contributed by atoms with E-state index >= 15 is 0 Å². The SMILES string of the molecule is C=C[C@@H](ON(C(=O)c1ccccc1)c1ccccc1)c1ccc(C)cc1. The minimum absolute atomic E-state index is 0.226. The first-order chi connectivity index (χ1) is 12.7. The molecule has 26 heavy (non-hydrogen) atoms. The van der Waals surface area contributed by atoms with Crippen LogP contribution < -0.4 is 5.06 Å². The predicted octanol–water partition coefficient (Wildman–Crippen LogP) is 5.50. The van der Waals surface area contributed by atoms with Crippen molar-refractivity contribution in [3.8, 4) is 0 Å². The van der Waals surface area contributed by atoms with Crippen LogP contribution in [0.15, 0.2) is 97.6 Å². The topological polar surface area (TPSA) is 29.5 Å². The minimum atomic E-state index is -0.441. The molecule has 3 aromatic rings. The van der Waals surface area contributed by atoms with Gasteiger partial charge in [0.25, 0.3) is 5.91 Å². The van der Waals surface area contributed by atoms with Gasteiger partial charge in [-0.25, -0.2) is 0 Å². The fourth-order valence-electron chi connectivity index (χ4n) is 2.60. The summed E-state index contributed by atoms with van der Waals surface area (Å²) < 4.78 is 0. The highest BCUT2D eigenvalue weighted by atomic mass is 16.7. The molecule has 3 heteroatoms. The van der Waals surface area contributed by atoms with Gasteiger partial charge in [0.05, 0.1) is 5.69 Å². The van der Waals surface area contributed by atoms with Crippen LogP contribution in [0.25, 0.3) is 0 Å². The molecule has 0 aliphatic rings. The molecule has 130 valence electrons. The summed E-state index contributed by atoms with van der Waals surface area (Å²) in [6.45, 7) is 5.91. The van der Waals surface area contributed by atoms with Gasteiger partial charge < -0.3 is 0 Å². The molecule has 3 aromatic carbocycles. The number of hydroxylamine groups is 1. The average molecular weight is 343 g/mol. The van der Waals surface area contributed by atoms with Crippen LogP contribution in [0.4, 0.5) is 5.69 Å². The van der Waals surface area contributed by atoms with Gasteiger partial charge in [0, 0.05) is 5.56 Å². The molecule has 3 rings (SSSR count). The highest BCUT2D eigenvalue weighted by Crippen LogP contribution is 2.26. The molecule has 0 N–H and O–H groups in total. The maximum absolute atomic E-state index is 13.0. The summed E-state index contributed by atoms with van der Waals surface area (Å²) in [5.74, 6) is -0.226. The summed E-state index contributed by atoms with van der Waals surface area (Å²) in [4.78, 5) is 19.1. The van der Waals surface area contributed by atoms with E-state index in [1.807, 2.05) is 79.7 Å². The van der Waals surface area contributed by atoms with Gasteiger partial charge in [-0.3, -0.25) is 9.63 Å². The summed E-state index contributed by atoms with van der Waals surface area (Å²) in [5.41, 5.74) is 3.33. The molecule has 0 aliphatic carbocycles. The van der Waals surface area contributed by atoms with Crippen molar-refractivity contribution in [2.75, 3.05) is 5.06 Å². The molecule has 0 aliphatic heterocycles. The van der Waals surface area contributed by atoms with E-state index in [0.29, 0.717) is 11.3 Å². The second-order valence-electron chi connectivity index (χ2n) is 5.97. The molecule has 0 radical (unpaired) electrons. The fourth-order valence-corrected chi connectivity index (χ4v) is 2.60. The van der Waals surface area contributed by atoms with Crippen molar-refractivity contribution in [1.82, 2.24) is 0 Å². The molecule has 0 bridgehead atoms. The summed E-state index contributed by atoms with van der Waals surface area (Å²) in [5, 5.41) is 1.33. The van der Waals surface area contributed by atoms with Crippen molar-refractivity contribution in [2.24, 2.45) is 0 Å². The molecule has 1 amide bonds. The van der Waals surface area contributed by atoms with Crippen molar-refractivity contribution < 1.29 is 9.63 Å². The van der Waals surface area contributed by atoms with Crippen LogP contribution in [0.5, 0.6) is 0 Å². The van der Waals surface area contributed by atoms with Gasteiger partial charge >= 0.3 is 0 Å².